The molecule has 3 aromatic rings. The lowest BCUT2D eigenvalue weighted by Gasteiger charge is -2.18. The molecule has 4 heterocycles. The van der Waals surface area contributed by atoms with Gasteiger partial charge in [0.1, 0.15) is 12.1 Å². The number of carbonyl (C=O) groups is 2. The predicted molar refractivity (Wildman–Crippen MR) is 108 cm³/mol. The van der Waals surface area contributed by atoms with Crippen LogP contribution in [0.15, 0.2) is 41.6 Å². The van der Waals surface area contributed by atoms with Crippen molar-refractivity contribution >= 4 is 17.6 Å². The standard InChI is InChI=1S/C21H17F4N5O4/c1-11-4-12(5-27-18(11)34-9-21(24,25)20(22)23)6-30-7-14-13(19(30)32)2-3-26-16(14)29-17(31)15-8-33-10-28-15/h2-5,8,10,20H,6-7,9H2,1H3,(H,26,29,31). The smallest absolute Gasteiger partial charge is 0.340 e. The lowest BCUT2D eigenvalue weighted by atomic mass is 10.1. The molecule has 34 heavy (non-hydrogen) atoms. The molecule has 0 bridgehead atoms. The molecule has 2 amide bonds. The molecule has 1 N–H and O–H groups in total. The Kier molecular flexibility index (Phi) is 6.18. The Bertz CT molecular complexity index is 1220. The van der Waals surface area contributed by atoms with Crippen LogP contribution in [0.1, 0.15) is 37.5 Å². The summed E-state index contributed by atoms with van der Waals surface area (Å²) >= 11 is 0. The molecule has 0 spiro atoms. The quantitative estimate of drug-likeness (QED) is 0.493. The summed E-state index contributed by atoms with van der Waals surface area (Å²) in [5, 5.41) is 2.61. The van der Waals surface area contributed by atoms with Gasteiger partial charge in [-0.3, -0.25) is 9.59 Å². The average molecular weight is 479 g/mol. The Balaban J connectivity index is 1.45. The number of aryl methyl sites for hydroxylation is 1. The molecule has 1 aliphatic heterocycles. The highest BCUT2D eigenvalue weighted by molar-refractivity contribution is 6.05. The van der Waals surface area contributed by atoms with Crippen molar-refractivity contribution in [2.75, 3.05) is 11.9 Å². The van der Waals surface area contributed by atoms with Crippen LogP contribution in [0.4, 0.5) is 23.4 Å². The van der Waals surface area contributed by atoms with Crippen molar-refractivity contribution in [3.63, 3.8) is 0 Å². The maximum atomic E-state index is 13.1. The van der Waals surface area contributed by atoms with Gasteiger partial charge in [-0.2, -0.15) is 8.78 Å². The van der Waals surface area contributed by atoms with Gasteiger partial charge in [-0.1, -0.05) is 0 Å². The second-order valence-corrected chi connectivity index (χ2v) is 7.49. The van der Waals surface area contributed by atoms with E-state index in [2.05, 4.69) is 20.3 Å². The summed E-state index contributed by atoms with van der Waals surface area (Å²) in [6.07, 6.45) is 1.14. The molecule has 0 saturated carbocycles. The molecule has 0 atom stereocenters. The highest BCUT2D eigenvalue weighted by Gasteiger charge is 2.42. The maximum absolute atomic E-state index is 13.1. The van der Waals surface area contributed by atoms with Crippen molar-refractivity contribution in [1.29, 1.82) is 0 Å². The third-order valence-corrected chi connectivity index (χ3v) is 5.00. The molecule has 0 aromatic carbocycles. The van der Waals surface area contributed by atoms with Gasteiger partial charge >= 0.3 is 12.3 Å². The molecule has 4 rings (SSSR count). The number of alkyl halides is 4. The summed E-state index contributed by atoms with van der Waals surface area (Å²) in [6, 6.07) is 3.09. The third-order valence-electron chi connectivity index (χ3n) is 5.00. The number of aromatic nitrogens is 3. The molecule has 9 nitrogen and oxygen atoms in total. The Morgan fingerprint density at radius 1 is 1.32 bits per heavy atom. The Morgan fingerprint density at radius 2 is 2.12 bits per heavy atom. The van der Waals surface area contributed by atoms with E-state index in [0.717, 1.165) is 6.39 Å². The normalized spacial score (nSPS) is 13.4. The van der Waals surface area contributed by atoms with Gasteiger partial charge in [-0.25, -0.2) is 23.7 Å². The molecule has 178 valence electrons. The summed E-state index contributed by atoms with van der Waals surface area (Å²) in [4.78, 5) is 38.4. The van der Waals surface area contributed by atoms with Crippen molar-refractivity contribution in [2.24, 2.45) is 0 Å². The number of fused-ring (bicyclic) bond motifs is 1. The van der Waals surface area contributed by atoms with E-state index in [-0.39, 0.29) is 36.4 Å². The molecule has 0 unspecified atom stereocenters. The fraction of sp³-hybridized carbons (Fsp3) is 0.286. The van der Waals surface area contributed by atoms with Crippen LogP contribution >= 0.6 is 0 Å². The van der Waals surface area contributed by atoms with Gasteiger partial charge in [0.2, 0.25) is 5.88 Å². The summed E-state index contributed by atoms with van der Waals surface area (Å²) in [5.41, 5.74) is 1.84. The first-order valence-corrected chi connectivity index (χ1v) is 9.86. The van der Waals surface area contributed by atoms with Crippen molar-refractivity contribution in [3.05, 3.63) is 65.1 Å². The van der Waals surface area contributed by atoms with Crippen LogP contribution in [-0.2, 0) is 13.1 Å². The minimum Gasteiger partial charge on any atom is -0.471 e. The Labute approximate surface area is 189 Å². The number of amides is 2. The van der Waals surface area contributed by atoms with Crippen molar-refractivity contribution in [1.82, 2.24) is 19.9 Å². The van der Waals surface area contributed by atoms with Gasteiger partial charge in [0.05, 0.1) is 6.54 Å². The number of halogens is 4. The molecular weight excluding hydrogens is 462 g/mol. The van der Waals surface area contributed by atoms with Crippen LogP contribution in [0.5, 0.6) is 5.88 Å². The fourth-order valence-electron chi connectivity index (χ4n) is 3.32. The Morgan fingerprint density at radius 3 is 2.79 bits per heavy atom. The summed E-state index contributed by atoms with van der Waals surface area (Å²) in [5.74, 6) is -5.14. The number of nitrogens with one attached hydrogen (secondary N) is 1. The number of hydrogen-bond acceptors (Lipinski definition) is 7. The van der Waals surface area contributed by atoms with Gasteiger partial charge in [0.25, 0.3) is 11.8 Å². The van der Waals surface area contributed by atoms with Crippen LogP contribution in [0.3, 0.4) is 0 Å². The number of anilines is 1. The topological polar surface area (TPSA) is 110 Å². The van der Waals surface area contributed by atoms with Crippen LogP contribution in [-0.4, -0.2) is 50.6 Å². The van der Waals surface area contributed by atoms with E-state index in [4.69, 9.17) is 9.15 Å². The van der Waals surface area contributed by atoms with Crippen molar-refractivity contribution in [2.45, 2.75) is 32.4 Å². The van der Waals surface area contributed by atoms with Crippen molar-refractivity contribution < 1.29 is 36.3 Å². The van der Waals surface area contributed by atoms with Gasteiger partial charge in [-0.05, 0) is 24.6 Å². The molecule has 0 fully saturated rings. The molecule has 0 radical (unpaired) electrons. The minimum atomic E-state index is -4.30. The zero-order valence-electron chi connectivity index (χ0n) is 17.6. The fourth-order valence-corrected chi connectivity index (χ4v) is 3.32. The second kappa shape index (κ2) is 9.08. The summed E-state index contributed by atoms with van der Waals surface area (Å²) in [7, 11) is 0. The van der Waals surface area contributed by atoms with Gasteiger partial charge < -0.3 is 19.4 Å². The second-order valence-electron chi connectivity index (χ2n) is 7.49. The Hall–Kier alpha value is -4.03. The molecule has 3 aromatic heterocycles. The third kappa shape index (κ3) is 4.67. The number of ether oxygens (including phenoxy) is 1. The van der Waals surface area contributed by atoms with Crippen LogP contribution in [0.2, 0.25) is 0 Å². The van der Waals surface area contributed by atoms with Gasteiger partial charge in [0, 0.05) is 35.6 Å². The van der Waals surface area contributed by atoms with E-state index >= 15 is 0 Å². The largest absolute Gasteiger partial charge is 0.471 e. The first-order valence-electron chi connectivity index (χ1n) is 9.86. The number of oxazole rings is 1. The van der Waals surface area contributed by atoms with E-state index < -0.39 is 24.9 Å². The van der Waals surface area contributed by atoms with E-state index in [1.54, 1.807) is 6.07 Å². The van der Waals surface area contributed by atoms with E-state index in [1.165, 1.54) is 36.5 Å². The minimum absolute atomic E-state index is 0.0516. The lowest BCUT2D eigenvalue weighted by Crippen LogP contribution is -2.34. The highest BCUT2D eigenvalue weighted by atomic mass is 19.3. The maximum Gasteiger partial charge on any atom is 0.340 e. The highest BCUT2D eigenvalue weighted by Crippen LogP contribution is 2.30. The van der Waals surface area contributed by atoms with Crippen LogP contribution < -0.4 is 10.1 Å². The number of carbonyl (C=O) groups excluding carboxylic acids is 2. The predicted octanol–water partition coefficient (Wildman–Crippen LogP) is 3.46. The lowest BCUT2D eigenvalue weighted by molar-refractivity contribution is -0.148. The van der Waals surface area contributed by atoms with Crippen LogP contribution in [0, 0.1) is 6.92 Å². The zero-order chi connectivity index (χ0) is 24.5. The molecule has 0 aliphatic carbocycles. The monoisotopic (exact) mass is 479 g/mol. The van der Waals surface area contributed by atoms with Gasteiger partial charge in [-0.15, -0.1) is 0 Å². The average Bonchev–Trinajstić information content (AvgIpc) is 3.43. The van der Waals surface area contributed by atoms with Gasteiger partial charge in [0.15, 0.2) is 18.7 Å². The SMILES string of the molecule is Cc1cc(CN2Cc3c(ccnc3NC(=O)c3cocn3)C2=O)cnc1OCC(F)(F)C(F)F. The molecule has 0 saturated heterocycles. The van der Waals surface area contributed by atoms with Crippen LogP contribution in [0.25, 0.3) is 0 Å². The summed E-state index contributed by atoms with van der Waals surface area (Å²) in [6.45, 7) is 0.280. The zero-order valence-corrected chi connectivity index (χ0v) is 17.6. The van der Waals surface area contributed by atoms with E-state index in [9.17, 15) is 27.2 Å². The molecular formula is C21H17F4N5O4. The number of rotatable bonds is 8. The first kappa shape index (κ1) is 23.1. The number of nitrogens with zero attached hydrogens (tertiary/aromatic N) is 4. The first-order chi connectivity index (χ1) is 16.2. The molecule has 1 aliphatic rings. The number of hydrogen-bond donors (Lipinski definition) is 1. The van der Waals surface area contributed by atoms with Crippen molar-refractivity contribution in [3.8, 4) is 5.88 Å². The number of pyridine rings is 2. The summed E-state index contributed by atoms with van der Waals surface area (Å²) < 4.78 is 60.3. The van der Waals surface area contributed by atoms with E-state index in [1.807, 2.05) is 0 Å². The molecule has 13 heteroatoms. The van der Waals surface area contributed by atoms with E-state index in [0.29, 0.717) is 22.3 Å².